The molecule has 0 aliphatic heterocycles. The van der Waals surface area contributed by atoms with Crippen molar-refractivity contribution in [2.45, 2.75) is 38.8 Å². The highest BCUT2D eigenvalue weighted by Crippen LogP contribution is 2.33. The lowest BCUT2D eigenvalue weighted by atomic mass is 9.78. The smallest absolute Gasteiger partial charge is 0.322 e. The Morgan fingerprint density at radius 1 is 0.542 bits per heavy atom. The van der Waals surface area contributed by atoms with Gasteiger partial charge in [-0.3, -0.25) is 0 Å². The molecule has 48 heavy (non-hydrogen) atoms. The predicted octanol–water partition coefficient (Wildman–Crippen LogP) is 8.39. The third-order valence-electron chi connectivity index (χ3n) is 9.25. The molecule has 8 nitrogen and oxygen atoms in total. The number of hydrogen-bond donors (Lipinski definition) is 2. The molecule has 1 saturated carbocycles. The van der Waals surface area contributed by atoms with Crippen molar-refractivity contribution >= 4 is 34.8 Å². The van der Waals surface area contributed by atoms with Crippen LogP contribution in [0, 0.1) is 11.8 Å². The minimum Gasteiger partial charge on any atom is -0.378 e. The molecule has 0 heterocycles. The summed E-state index contributed by atoms with van der Waals surface area (Å²) < 4.78 is 0. The van der Waals surface area contributed by atoms with E-state index in [0.717, 1.165) is 59.6 Å². The van der Waals surface area contributed by atoms with E-state index >= 15 is 0 Å². The molecule has 0 spiro atoms. The van der Waals surface area contributed by atoms with Gasteiger partial charge in [0.2, 0.25) is 0 Å². The summed E-state index contributed by atoms with van der Waals surface area (Å²) in [7, 11) is 8.01. The quantitative estimate of drug-likeness (QED) is 0.162. The molecule has 252 valence electrons. The van der Waals surface area contributed by atoms with Crippen LogP contribution in [0.5, 0.6) is 0 Å². The summed E-state index contributed by atoms with van der Waals surface area (Å²) in [6.45, 7) is 2.27. The second-order valence-electron chi connectivity index (χ2n) is 13.3. The maximum absolute atomic E-state index is 13.9. The summed E-state index contributed by atoms with van der Waals surface area (Å²) in [5.74, 6) is 0.518. The molecule has 4 aromatic rings. The first-order valence-corrected chi connectivity index (χ1v) is 17.0. The summed E-state index contributed by atoms with van der Waals surface area (Å²) in [5, 5.41) is 6.31. The Kier molecular flexibility index (Phi) is 12.0. The van der Waals surface area contributed by atoms with Crippen LogP contribution in [0.15, 0.2) is 109 Å². The van der Waals surface area contributed by atoms with Crippen LogP contribution in [-0.4, -0.2) is 63.1 Å². The largest absolute Gasteiger partial charge is 0.378 e. The number of nitrogens with one attached hydrogen (secondary N) is 2. The van der Waals surface area contributed by atoms with E-state index in [1.807, 2.05) is 133 Å². The van der Waals surface area contributed by atoms with Crippen LogP contribution in [-0.2, 0) is 13.1 Å². The number of carbonyl (C=O) groups is 2. The third kappa shape index (κ3) is 9.77. The molecule has 5 rings (SSSR count). The van der Waals surface area contributed by atoms with Crippen molar-refractivity contribution in [1.82, 2.24) is 9.80 Å². The number of rotatable bonds is 12. The number of hydrogen-bond acceptors (Lipinski definition) is 4. The van der Waals surface area contributed by atoms with Gasteiger partial charge in [0, 0.05) is 77.1 Å². The van der Waals surface area contributed by atoms with Gasteiger partial charge in [-0.25, -0.2) is 9.59 Å². The topological polar surface area (TPSA) is 71.2 Å². The van der Waals surface area contributed by atoms with Crippen molar-refractivity contribution in [2.24, 2.45) is 11.8 Å². The number of amides is 4. The van der Waals surface area contributed by atoms with Gasteiger partial charge in [-0.2, -0.15) is 0 Å². The fourth-order valence-corrected chi connectivity index (χ4v) is 6.47. The fourth-order valence-electron chi connectivity index (χ4n) is 6.47. The Labute approximate surface area is 286 Å². The lowest BCUT2D eigenvalue weighted by molar-refractivity contribution is 0.127. The first-order valence-electron chi connectivity index (χ1n) is 17.0. The molecule has 8 heteroatoms. The van der Waals surface area contributed by atoms with Gasteiger partial charge in [0.25, 0.3) is 0 Å². The maximum Gasteiger partial charge on any atom is 0.322 e. The van der Waals surface area contributed by atoms with Gasteiger partial charge in [0.1, 0.15) is 0 Å². The number of benzene rings is 4. The highest BCUT2D eigenvalue weighted by atomic mass is 16.2. The molecule has 0 aromatic heterocycles. The first kappa shape index (κ1) is 34.4. The molecule has 2 atom stereocenters. The molecule has 1 aliphatic rings. The van der Waals surface area contributed by atoms with Crippen molar-refractivity contribution in [2.75, 3.05) is 61.7 Å². The summed E-state index contributed by atoms with van der Waals surface area (Å²) >= 11 is 0. The van der Waals surface area contributed by atoms with Crippen molar-refractivity contribution in [1.29, 1.82) is 0 Å². The van der Waals surface area contributed by atoms with Gasteiger partial charge in [-0.05, 0) is 84.3 Å². The molecule has 0 bridgehead atoms. The molecule has 0 saturated heterocycles. The van der Waals surface area contributed by atoms with E-state index in [1.165, 1.54) is 0 Å². The summed E-state index contributed by atoms with van der Waals surface area (Å²) in [6.07, 6.45) is 4.29. The van der Waals surface area contributed by atoms with Crippen LogP contribution >= 0.6 is 0 Å². The third-order valence-corrected chi connectivity index (χ3v) is 9.25. The summed E-state index contributed by atoms with van der Waals surface area (Å²) in [4.78, 5) is 35.7. The Morgan fingerprint density at radius 2 is 0.896 bits per heavy atom. The van der Waals surface area contributed by atoms with E-state index in [0.29, 0.717) is 26.2 Å². The van der Waals surface area contributed by atoms with Gasteiger partial charge >= 0.3 is 12.1 Å². The molecule has 1 aliphatic carbocycles. The first-order chi connectivity index (χ1) is 23.2. The summed E-state index contributed by atoms with van der Waals surface area (Å²) in [5.41, 5.74) is 5.88. The van der Waals surface area contributed by atoms with Gasteiger partial charge in [0.15, 0.2) is 0 Å². The van der Waals surface area contributed by atoms with E-state index in [2.05, 4.69) is 34.9 Å². The second kappa shape index (κ2) is 16.7. The number of carbonyl (C=O) groups excluding carboxylic acids is 2. The second-order valence-corrected chi connectivity index (χ2v) is 13.3. The average Bonchev–Trinajstić information content (AvgIpc) is 3.09. The van der Waals surface area contributed by atoms with Crippen LogP contribution in [0.1, 0.15) is 36.8 Å². The van der Waals surface area contributed by atoms with Crippen molar-refractivity contribution < 1.29 is 9.59 Å². The number of nitrogens with zero attached hydrogens (tertiary/aromatic N) is 4. The minimum atomic E-state index is -0.110. The van der Waals surface area contributed by atoms with Crippen molar-refractivity contribution in [3.63, 3.8) is 0 Å². The normalized spacial score (nSPS) is 15.7. The van der Waals surface area contributed by atoms with Crippen molar-refractivity contribution in [3.05, 3.63) is 120 Å². The zero-order valence-corrected chi connectivity index (χ0v) is 28.8. The average molecular weight is 647 g/mol. The molecular formula is C40H50N6O2. The summed E-state index contributed by atoms with van der Waals surface area (Å²) in [6, 6.07) is 36.0. The molecule has 2 unspecified atom stereocenters. The number of anilines is 4. The molecule has 4 amide bonds. The highest BCUT2D eigenvalue weighted by Gasteiger charge is 2.31. The van der Waals surface area contributed by atoms with E-state index in [9.17, 15) is 9.59 Å². The Balaban J connectivity index is 1.34. The van der Waals surface area contributed by atoms with Crippen LogP contribution in [0.25, 0.3) is 0 Å². The minimum absolute atomic E-state index is 0.110. The zero-order valence-electron chi connectivity index (χ0n) is 28.8. The Morgan fingerprint density at radius 3 is 1.23 bits per heavy atom. The van der Waals surface area contributed by atoms with Crippen LogP contribution < -0.4 is 20.4 Å². The van der Waals surface area contributed by atoms with Gasteiger partial charge in [0.05, 0.1) is 0 Å². The van der Waals surface area contributed by atoms with Gasteiger partial charge in [-0.15, -0.1) is 0 Å². The molecular weight excluding hydrogens is 596 g/mol. The molecule has 1 fully saturated rings. The lowest BCUT2D eigenvalue weighted by Gasteiger charge is -2.38. The maximum atomic E-state index is 13.9. The van der Waals surface area contributed by atoms with E-state index in [-0.39, 0.29) is 23.9 Å². The van der Waals surface area contributed by atoms with E-state index < -0.39 is 0 Å². The predicted molar refractivity (Wildman–Crippen MR) is 199 cm³/mol. The number of urea groups is 2. The lowest BCUT2D eigenvalue weighted by Crippen LogP contribution is -2.45. The van der Waals surface area contributed by atoms with Crippen LogP contribution in [0.3, 0.4) is 0 Å². The van der Waals surface area contributed by atoms with Gasteiger partial charge < -0.3 is 30.2 Å². The monoisotopic (exact) mass is 646 g/mol. The van der Waals surface area contributed by atoms with E-state index in [1.54, 1.807) is 0 Å². The zero-order chi connectivity index (χ0) is 33.9. The van der Waals surface area contributed by atoms with Crippen LogP contribution in [0.2, 0.25) is 0 Å². The standard InChI is InChI=1S/C40H50N6O2/c1-43(2)37-23-19-35(20-24-37)41-39(47)45(27-31-13-7-5-8-14-31)29-33-17-11-12-18-34(33)30-46(28-32-15-9-6-10-16-32)40(48)42-36-21-25-38(26-22-36)44(3)4/h5-10,13-16,19-26,33-34H,11-12,17-18,27-30H2,1-4H3,(H,41,47)(H,42,48). The highest BCUT2D eigenvalue weighted by molar-refractivity contribution is 5.90. The Hall–Kier alpha value is -4.98. The fraction of sp³-hybridized carbons (Fsp3) is 0.350. The Bertz CT molecular complexity index is 1460. The van der Waals surface area contributed by atoms with Crippen LogP contribution in [0.4, 0.5) is 32.3 Å². The van der Waals surface area contributed by atoms with Crippen molar-refractivity contribution in [3.8, 4) is 0 Å². The molecule has 2 N–H and O–H groups in total. The van der Waals surface area contributed by atoms with Gasteiger partial charge in [-0.1, -0.05) is 73.5 Å². The van der Waals surface area contributed by atoms with E-state index in [4.69, 9.17) is 0 Å². The SMILES string of the molecule is CN(C)c1ccc(NC(=O)N(Cc2ccccc2)CC2CCCCC2CN(Cc2ccccc2)C(=O)Nc2ccc(N(C)C)cc2)cc1. The molecule has 4 aromatic carbocycles. The molecule has 0 radical (unpaired) electrons.